The molecule has 0 saturated carbocycles. The molecular weight excluding hydrogens is 321 g/mol. The van der Waals surface area contributed by atoms with Crippen LogP contribution in [-0.4, -0.2) is 20.2 Å². The summed E-state index contributed by atoms with van der Waals surface area (Å²) < 4.78 is 14.0. The van der Waals surface area contributed by atoms with Crippen LogP contribution in [0.25, 0.3) is 33.1 Å². The molecule has 0 atom stereocenters. The summed E-state index contributed by atoms with van der Waals surface area (Å²) in [6.45, 7) is 3.95. The van der Waals surface area contributed by atoms with Gasteiger partial charge in [0, 0.05) is 16.6 Å². The minimum atomic E-state index is -0.415. The molecule has 0 aliphatic heterocycles. The first-order valence-corrected chi connectivity index (χ1v) is 7.95. The zero-order valence-electron chi connectivity index (χ0n) is 13.8. The zero-order chi connectivity index (χ0) is 17.7. The van der Waals surface area contributed by atoms with E-state index >= 15 is 0 Å². The van der Waals surface area contributed by atoms with Crippen molar-refractivity contribution in [3.05, 3.63) is 51.8 Å². The second kappa shape index (κ2) is 5.41. The van der Waals surface area contributed by atoms with Gasteiger partial charge in [-0.3, -0.25) is 14.9 Å². The standard InChI is InChI=1S/C18H16FN5O/c1-3-9-6-13-17(22-8(9)2)14(15(20)18(25)23-13)10-4-5-12(19)16-11(10)7-21-24-16/h4-7H,3,20H2,1-2H3,(H,21,24)(H,23,25). The van der Waals surface area contributed by atoms with Crippen LogP contribution in [0.2, 0.25) is 0 Å². The van der Waals surface area contributed by atoms with E-state index in [2.05, 4.69) is 20.2 Å². The number of rotatable bonds is 2. The Labute approximate surface area is 141 Å². The highest BCUT2D eigenvalue weighted by Crippen LogP contribution is 2.35. The molecule has 0 aliphatic rings. The van der Waals surface area contributed by atoms with Crippen LogP contribution in [0.3, 0.4) is 0 Å². The van der Waals surface area contributed by atoms with Crippen LogP contribution in [0.4, 0.5) is 10.1 Å². The third-order valence-electron chi connectivity index (χ3n) is 4.53. The third-order valence-corrected chi connectivity index (χ3v) is 4.53. The normalized spacial score (nSPS) is 11.5. The van der Waals surface area contributed by atoms with E-state index in [1.54, 1.807) is 6.07 Å². The van der Waals surface area contributed by atoms with Gasteiger partial charge in [0.25, 0.3) is 5.56 Å². The molecule has 3 heterocycles. The number of anilines is 1. The number of nitrogens with zero attached hydrogens (tertiary/aromatic N) is 2. The van der Waals surface area contributed by atoms with Crippen LogP contribution in [0.1, 0.15) is 18.2 Å². The lowest BCUT2D eigenvalue weighted by Gasteiger charge is -2.12. The maximum Gasteiger partial charge on any atom is 0.272 e. The highest BCUT2D eigenvalue weighted by molar-refractivity contribution is 6.06. The monoisotopic (exact) mass is 337 g/mol. The molecular formula is C18H16FN5O. The van der Waals surface area contributed by atoms with E-state index in [-0.39, 0.29) is 11.2 Å². The fourth-order valence-corrected chi connectivity index (χ4v) is 3.21. The Kier molecular flexibility index (Phi) is 3.31. The lowest BCUT2D eigenvalue weighted by molar-refractivity contribution is 0.636. The smallest absolute Gasteiger partial charge is 0.272 e. The summed E-state index contributed by atoms with van der Waals surface area (Å²) >= 11 is 0. The third kappa shape index (κ3) is 2.20. The fraction of sp³-hybridized carbons (Fsp3) is 0.167. The Bertz CT molecular complexity index is 1190. The molecule has 0 spiro atoms. The molecule has 25 heavy (non-hydrogen) atoms. The molecule has 126 valence electrons. The van der Waals surface area contributed by atoms with E-state index in [9.17, 15) is 9.18 Å². The van der Waals surface area contributed by atoms with Crippen molar-refractivity contribution in [1.82, 2.24) is 20.2 Å². The van der Waals surface area contributed by atoms with Crippen LogP contribution in [0.15, 0.2) is 29.2 Å². The first kappa shape index (κ1) is 15.3. The van der Waals surface area contributed by atoms with Crippen LogP contribution in [0.5, 0.6) is 0 Å². The summed E-state index contributed by atoms with van der Waals surface area (Å²) in [6.07, 6.45) is 2.33. The van der Waals surface area contributed by atoms with Gasteiger partial charge in [-0.2, -0.15) is 5.10 Å². The van der Waals surface area contributed by atoms with E-state index in [0.29, 0.717) is 27.5 Å². The van der Waals surface area contributed by atoms with Gasteiger partial charge in [0.15, 0.2) is 0 Å². The fourth-order valence-electron chi connectivity index (χ4n) is 3.21. The number of aromatic amines is 2. The van der Waals surface area contributed by atoms with Crippen molar-refractivity contribution in [2.75, 3.05) is 5.73 Å². The van der Waals surface area contributed by atoms with Crippen molar-refractivity contribution in [2.45, 2.75) is 20.3 Å². The predicted octanol–water partition coefficient (Wildman–Crippen LogP) is 3.06. The first-order chi connectivity index (χ1) is 12.0. The second-order valence-corrected chi connectivity index (χ2v) is 5.98. The Hall–Kier alpha value is -3.22. The predicted molar refractivity (Wildman–Crippen MR) is 95.9 cm³/mol. The number of nitrogens with one attached hydrogen (secondary N) is 2. The van der Waals surface area contributed by atoms with Crippen LogP contribution >= 0.6 is 0 Å². The number of H-pyrrole nitrogens is 2. The second-order valence-electron chi connectivity index (χ2n) is 5.98. The summed E-state index contributed by atoms with van der Waals surface area (Å²) in [5.41, 5.74) is 10.2. The number of aryl methyl sites for hydroxylation is 2. The van der Waals surface area contributed by atoms with Crippen molar-refractivity contribution in [2.24, 2.45) is 0 Å². The quantitative estimate of drug-likeness (QED) is 0.523. The molecule has 0 saturated heterocycles. The van der Waals surface area contributed by atoms with Gasteiger partial charge in [-0.05, 0) is 36.6 Å². The summed E-state index contributed by atoms with van der Waals surface area (Å²) in [5, 5.41) is 7.10. The molecule has 0 radical (unpaired) electrons. The number of fused-ring (bicyclic) bond motifs is 2. The molecule has 4 N–H and O–H groups in total. The van der Waals surface area contributed by atoms with Crippen LogP contribution in [-0.2, 0) is 6.42 Å². The van der Waals surface area contributed by atoms with E-state index in [0.717, 1.165) is 17.7 Å². The summed E-state index contributed by atoms with van der Waals surface area (Å²) in [5.74, 6) is -0.415. The summed E-state index contributed by atoms with van der Waals surface area (Å²) in [7, 11) is 0. The minimum Gasteiger partial charge on any atom is -0.394 e. The van der Waals surface area contributed by atoms with Crippen molar-refractivity contribution >= 4 is 27.6 Å². The van der Waals surface area contributed by atoms with Crippen LogP contribution < -0.4 is 11.3 Å². The number of aromatic nitrogens is 4. The Morgan fingerprint density at radius 1 is 1.32 bits per heavy atom. The lowest BCUT2D eigenvalue weighted by atomic mass is 9.98. The molecule has 0 unspecified atom stereocenters. The van der Waals surface area contributed by atoms with E-state index < -0.39 is 11.4 Å². The van der Waals surface area contributed by atoms with Crippen molar-refractivity contribution in [3.8, 4) is 11.1 Å². The van der Waals surface area contributed by atoms with Gasteiger partial charge in [-0.25, -0.2) is 4.39 Å². The molecule has 7 heteroatoms. The Balaban J connectivity index is 2.18. The largest absolute Gasteiger partial charge is 0.394 e. The maximum atomic E-state index is 14.0. The molecule has 6 nitrogen and oxygen atoms in total. The Morgan fingerprint density at radius 3 is 2.88 bits per heavy atom. The van der Waals surface area contributed by atoms with E-state index in [1.807, 2.05) is 19.9 Å². The SMILES string of the molecule is CCc1cc2[nH]c(=O)c(N)c(-c3ccc(F)c4[nH]ncc34)c2nc1C. The molecule has 0 fully saturated rings. The number of halogens is 1. The molecule has 4 rings (SSSR count). The average molecular weight is 337 g/mol. The molecule has 4 aromatic rings. The summed E-state index contributed by atoms with van der Waals surface area (Å²) in [6, 6.07) is 4.84. The maximum absolute atomic E-state index is 14.0. The highest BCUT2D eigenvalue weighted by atomic mass is 19.1. The van der Waals surface area contributed by atoms with Crippen molar-refractivity contribution in [1.29, 1.82) is 0 Å². The Morgan fingerprint density at radius 2 is 2.12 bits per heavy atom. The van der Waals surface area contributed by atoms with Crippen LogP contribution in [0, 0.1) is 12.7 Å². The molecule has 0 amide bonds. The highest BCUT2D eigenvalue weighted by Gasteiger charge is 2.18. The van der Waals surface area contributed by atoms with Gasteiger partial charge in [-0.15, -0.1) is 0 Å². The summed E-state index contributed by atoms with van der Waals surface area (Å²) in [4.78, 5) is 19.8. The van der Waals surface area contributed by atoms with Gasteiger partial charge in [-0.1, -0.05) is 13.0 Å². The lowest BCUT2D eigenvalue weighted by Crippen LogP contribution is -2.14. The number of nitrogens with two attached hydrogens (primary N) is 1. The number of nitrogen functional groups attached to an aromatic ring is 1. The number of hydrogen-bond acceptors (Lipinski definition) is 4. The van der Waals surface area contributed by atoms with Crippen molar-refractivity contribution < 1.29 is 4.39 Å². The molecule has 1 aromatic carbocycles. The average Bonchev–Trinajstić information content (AvgIpc) is 3.08. The number of hydrogen-bond donors (Lipinski definition) is 3. The van der Waals surface area contributed by atoms with Gasteiger partial charge in [0.1, 0.15) is 17.0 Å². The molecule has 0 aliphatic carbocycles. The first-order valence-electron chi connectivity index (χ1n) is 7.95. The van der Waals surface area contributed by atoms with Gasteiger partial charge >= 0.3 is 0 Å². The van der Waals surface area contributed by atoms with E-state index in [4.69, 9.17) is 5.73 Å². The topological polar surface area (TPSA) is 100 Å². The van der Waals surface area contributed by atoms with Crippen molar-refractivity contribution in [3.63, 3.8) is 0 Å². The van der Waals surface area contributed by atoms with Gasteiger partial charge in [0.05, 0.1) is 17.2 Å². The molecule has 0 bridgehead atoms. The minimum absolute atomic E-state index is 0.0535. The number of benzene rings is 1. The molecule has 3 aromatic heterocycles. The zero-order valence-corrected chi connectivity index (χ0v) is 13.8. The van der Waals surface area contributed by atoms with Gasteiger partial charge in [0.2, 0.25) is 0 Å². The number of pyridine rings is 2. The van der Waals surface area contributed by atoms with Gasteiger partial charge < -0.3 is 10.7 Å². The van der Waals surface area contributed by atoms with E-state index in [1.165, 1.54) is 12.3 Å².